The van der Waals surface area contributed by atoms with Gasteiger partial charge in [-0.05, 0) is 77.3 Å². The monoisotopic (exact) mass is 703 g/mol. The van der Waals surface area contributed by atoms with E-state index in [1.165, 1.54) is 16.0 Å². The maximum Gasteiger partial charge on any atom is 0.143 e. The van der Waals surface area contributed by atoms with Crippen LogP contribution in [0.3, 0.4) is 0 Å². The van der Waals surface area contributed by atoms with Crippen molar-refractivity contribution in [2.75, 3.05) is 4.90 Å². The molecule has 52 heavy (non-hydrogen) atoms. The van der Waals surface area contributed by atoms with Crippen LogP contribution in [0.2, 0.25) is 0 Å². The largest absolute Gasteiger partial charge is 0.455 e. The van der Waals surface area contributed by atoms with Crippen LogP contribution in [0.25, 0.3) is 84.5 Å². The Balaban J connectivity index is 1.21. The molecule has 3 heterocycles. The highest BCUT2D eigenvalue weighted by atomic mass is 32.1. The Morgan fingerprint density at radius 2 is 1.15 bits per heavy atom. The van der Waals surface area contributed by atoms with E-state index in [2.05, 4.69) is 108 Å². The van der Waals surface area contributed by atoms with E-state index in [0.29, 0.717) is 10.1 Å². The van der Waals surface area contributed by atoms with Gasteiger partial charge in [0.05, 0.1) is 16.9 Å². The third kappa shape index (κ3) is 4.55. The Labute approximate surface area is 313 Å². The fourth-order valence-electron chi connectivity index (χ4n) is 7.71. The first kappa shape index (κ1) is 25.7. The fraction of sp³-hybridized carbons (Fsp3) is 0. The molecule has 0 amide bonds. The van der Waals surface area contributed by atoms with E-state index in [-0.39, 0.29) is 24.2 Å². The van der Waals surface area contributed by atoms with Crippen LogP contribution in [-0.2, 0) is 0 Å². The summed E-state index contributed by atoms with van der Waals surface area (Å²) in [4.78, 5) is 2.28. The zero-order chi connectivity index (χ0) is 37.7. The molecule has 0 unspecified atom stereocenters. The van der Waals surface area contributed by atoms with Gasteiger partial charge in [0.15, 0.2) is 0 Å². The Bertz CT molecular complexity index is 3380. The van der Waals surface area contributed by atoms with Gasteiger partial charge in [0, 0.05) is 62.4 Å². The van der Waals surface area contributed by atoms with Crippen LogP contribution in [0.4, 0.5) is 17.1 Å². The minimum atomic E-state index is -0.229. The number of hydrogen-bond donors (Lipinski definition) is 0. The molecule has 0 spiro atoms. The van der Waals surface area contributed by atoms with E-state index < -0.39 is 0 Å². The minimum absolute atomic E-state index is 0.0105. The van der Waals surface area contributed by atoms with E-state index in [1.54, 1.807) is 11.3 Å². The minimum Gasteiger partial charge on any atom is -0.455 e. The third-order valence-electron chi connectivity index (χ3n) is 10.0. The Hall–Kier alpha value is -6.20. The van der Waals surface area contributed by atoms with Crippen LogP contribution in [0, 0.1) is 0 Å². The van der Waals surface area contributed by atoms with Crippen molar-refractivity contribution in [3.8, 4) is 22.3 Å². The summed E-state index contributed by atoms with van der Waals surface area (Å²) in [6.07, 6.45) is 0. The van der Waals surface area contributed by atoms with E-state index >= 15 is 0 Å². The van der Waals surface area contributed by atoms with Crippen molar-refractivity contribution in [3.63, 3.8) is 0 Å². The summed E-state index contributed by atoms with van der Waals surface area (Å²) in [5.41, 5.74) is 8.77. The topological polar surface area (TPSA) is 16.4 Å². The number of benzene rings is 8. The number of rotatable bonds is 5. The molecule has 4 heteroatoms. The number of anilines is 3. The van der Waals surface area contributed by atoms with Crippen LogP contribution in [0.15, 0.2) is 180 Å². The quantitative estimate of drug-likeness (QED) is 0.177. The molecule has 244 valence electrons. The van der Waals surface area contributed by atoms with E-state index in [9.17, 15) is 0 Å². The third-order valence-corrected chi connectivity index (χ3v) is 12.2. The molecule has 0 bridgehead atoms. The normalized spacial score (nSPS) is 12.9. The number of para-hydroxylation sites is 2. The van der Waals surface area contributed by atoms with Gasteiger partial charge in [-0.15, -0.1) is 22.7 Å². The fourth-order valence-corrected chi connectivity index (χ4v) is 9.84. The number of thiophene rings is 2. The SMILES string of the molecule is [2H]c1c([2H])c([2H])c2c(sc3cccc(N(c4cccc(-c5ccccc5)c4)c4cccc5sc6ccc(-c7cccc8c7oc7ccccc78)cc6c45)c32)c1[2H]. The van der Waals surface area contributed by atoms with Crippen LogP contribution < -0.4 is 4.90 Å². The highest BCUT2D eigenvalue weighted by Crippen LogP contribution is 2.50. The predicted octanol–water partition coefficient (Wildman–Crippen LogP) is 15.1. The number of nitrogens with zero attached hydrogens (tertiary/aromatic N) is 1. The lowest BCUT2D eigenvalue weighted by molar-refractivity contribution is 0.670. The molecule has 11 aromatic rings. The van der Waals surface area contributed by atoms with E-state index in [1.807, 2.05) is 48.5 Å². The van der Waals surface area contributed by atoms with E-state index in [0.717, 1.165) is 86.8 Å². The summed E-state index contributed by atoms with van der Waals surface area (Å²) in [5.74, 6) is 0. The molecular formula is C48H29NOS2. The molecule has 0 aliphatic heterocycles. The predicted molar refractivity (Wildman–Crippen MR) is 225 cm³/mol. The molecule has 8 aromatic carbocycles. The summed E-state index contributed by atoms with van der Waals surface area (Å²) < 4.78 is 45.3. The van der Waals surface area contributed by atoms with Crippen LogP contribution >= 0.6 is 22.7 Å². The summed E-state index contributed by atoms with van der Waals surface area (Å²) >= 11 is 3.17. The average molecular weight is 704 g/mol. The molecule has 0 radical (unpaired) electrons. The molecular weight excluding hydrogens is 671 g/mol. The van der Waals surface area contributed by atoms with Gasteiger partial charge in [-0.1, -0.05) is 115 Å². The molecule has 11 rings (SSSR count). The Morgan fingerprint density at radius 3 is 2.02 bits per heavy atom. The molecule has 0 atom stereocenters. The van der Waals surface area contributed by atoms with Crippen molar-refractivity contribution in [2.24, 2.45) is 0 Å². The van der Waals surface area contributed by atoms with Crippen molar-refractivity contribution in [2.45, 2.75) is 0 Å². The lowest BCUT2D eigenvalue weighted by Gasteiger charge is -2.28. The maximum atomic E-state index is 9.12. The summed E-state index contributed by atoms with van der Waals surface area (Å²) in [6.45, 7) is 0. The number of fused-ring (bicyclic) bond motifs is 9. The summed E-state index contributed by atoms with van der Waals surface area (Å²) in [7, 11) is 0. The molecule has 0 aliphatic carbocycles. The average Bonchev–Trinajstić information content (AvgIpc) is 3.95. The van der Waals surface area contributed by atoms with Crippen molar-refractivity contribution in [3.05, 3.63) is 176 Å². The smallest absolute Gasteiger partial charge is 0.143 e. The van der Waals surface area contributed by atoms with Crippen molar-refractivity contribution < 1.29 is 9.90 Å². The van der Waals surface area contributed by atoms with Crippen molar-refractivity contribution in [1.29, 1.82) is 0 Å². The van der Waals surface area contributed by atoms with Crippen molar-refractivity contribution in [1.82, 2.24) is 0 Å². The lowest BCUT2D eigenvalue weighted by Crippen LogP contribution is -2.10. The van der Waals surface area contributed by atoms with Crippen LogP contribution in [-0.4, -0.2) is 0 Å². The van der Waals surface area contributed by atoms with Gasteiger partial charge in [-0.2, -0.15) is 0 Å². The molecule has 0 N–H and O–H groups in total. The standard InChI is InChI=1S/C48H29NOS2/c1-2-12-30(13-3-1)31-14-8-15-33(28-31)49(39-20-10-24-44-46(39)37-17-5-7-23-42(37)51-44)40-21-11-25-45-47(40)38-29-32(26-27-43(38)52-45)34-18-9-19-36-35-16-4-6-22-41(35)50-48(34)36/h1-29H/i5D,7D,17D,23D. The zero-order valence-electron chi connectivity index (χ0n) is 31.6. The van der Waals surface area contributed by atoms with Crippen molar-refractivity contribution >= 4 is 102 Å². The highest BCUT2D eigenvalue weighted by molar-refractivity contribution is 7.26. The number of hydrogen-bond acceptors (Lipinski definition) is 4. The summed E-state index contributed by atoms with van der Waals surface area (Å²) in [5, 5.41) is 5.77. The highest BCUT2D eigenvalue weighted by Gasteiger charge is 2.23. The van der Waals surface area contributed by atoms with Crippen LogP contribution in [0.1, 0.15) is 5.48 Å². The molecule has 0 saturated heterocycles. The first-order chi connectivity index (χ1) is 27.4. The van der Waals surface area contributed by atoms with Gasteiger partial charge in [-0.3, -0.25) is 0 Å². The second-order valence-corrected chi connectivity index (χ2v) is 15.1. The Kier molecular flexibility index (Phi) is 5.77. The maximum absolute atomic E-state index is 9.12. The second-order valence-electron chi connectivity index (χ2n) is 13.0. The molecule has 0 saturated carbocycles. The van der Waals surface area contributed by atoms with Gasteiger partial charge in [0.1, 0.15) is 11.2 Å². The Morgan fingerprint density at radius 1 is 0.462 bits per heavy atom. The van der Waals surface area contributed by atoms with Gasteiger partial charge in [0.2, 0.25) is 0 Å². The zero-order valence-corrected chi connectivity index (χ0v) is 29.2. The van der Waals surface area contributed by atoms with Gasteiger partial charge >= 0.3 is 0 Å². The number of furan rings is 1. The van der Waals surface area contributed by atoms with Gasteiger partial charge < -0.3 is 9.32 Å². The molecule has 2 nitrogen and oxygen atoms in total. The first-order valence-corrected chi connectivity index (χ1v) is 18.8. The van der Waals surface area contributed by atoms with Gasteiger partial charge in [-0.25, -0.2) is 0 Å². The van der Waals surface area contributed by atoms with E-state index in [4.69, 9.17) is 9.90 Å². The lowest BCUT2D eigenvalue weighted by atomic mass is 9.99. The first-order valence-electron chi connectivity index (χ1n) is 19.2. The summed E-state index contributed by atoms with van der Waals surface area (Å²) in [6, 6.07) is 52.2. The molecule has 0 fully saturated rings. The second kappa shape index (κ2) is 11.7. The van der Waals surface area contributed by atoms with Gasteiger partial charge in [0.25, 0.3) is 0 Å². The van der Waals surface area contributed by atoms with Crippen LogP contribution in [0.5, 0.6) is 0 Å². The molecule has 3 aromatic heterocycles. The molecule has 0 aliphatic rings.